The lowest BCUT2D eigenvalue weighted by Gasteiger charge is -2.15. The first-order valence-corrected chi connectivity index (χ1v) is 7.05. The number of benzene rings is 2. The predicted octanol–water partition coefficient (Wildman–Crippen LogP) is 3.72. The van der Waals surface area contributed by atoms with E-state index in [-0.39, 0.29) is 5.56 Å². The fourth-order valence-electron chi connectivity index (χ4n) is 2.25. The Morgan fingerprint density at radius 3 is 2.62 bits per heavy atom. The molecule has 2 aromatic rings. The second kappa shape index (κ2) is 5.92. The molecule has 1 aliphatic heterocycles. The number of fused-ring (bicyclic) bond motifs is 1. The van der Waals surface area contributed by atoms with Gasteiger partial charge < -0.3 is 14.6 Å². The molecule has 1 heterocycles. The second-order valence-electron chi connectivity index (χ2n) is 4.83. The molecule has 3 rings (SSSR count). The van der Waals surface area contributed by atoms with Gasteiger partial charge in [0, 0.05) is 17.0 Å². The average Bonchev–Trinajstić information content (AvgIpc) is 2.73. The summed E-state index contributed by atoms with van der Waals surface area (Å²) in [6.07, 6.45) is -0.309. The van der Waals surface area contributed by atoms with E-state index < -0.39 is 11.9 Å². The molecular formula is C16H14ClFO3. The van der Waals surface area contributed by atoms with Crippen LogP contribution < -0.4 is 9.47 Å². The van der Waals surface area contributed by atoms with Gasteiger partial charge in [-0.1, -0.05) is 17.7 Å². The van der Waals surface area contributed by atoms with Crippen LogP contribution in [0.1, 0.15) is 23.7 Å². The molecule has 1 atom stereocenters. The Kier molecular flexibility index (Phi) is 3.99. The number of aliphatic hydroxyl groups is 1. The van der Waals surface area contributed by atoms with Crippen LogP contribution in [0.4, 0.5) is 4.39 Å². The van der Waals surface area contributed by atoms with Gasteiger partial charge in [0.2, 0.25) is 0 Å². The summed E-state index contributed by atoms with van der Waals surface area (Å²) in [6, 6.07) is 9.20. The highest BCUT2D eigenvalue weighted by Crippen LogP contribution is 2.35. The van der Waals surface area contributed by atoms with Gasteiger partial charge in [-0.3, -0.25) is 0 Å². The number of halogens is 2. The van der Waals surface area contributed by atoms with Gasteiger partial charge in [0.15, 0.2) is 11.5 Å². The van der Waals surface area contributed by atoms with Gasteiger partial charge in [-0.2, -0.15) is 0 Å². The molecule has 21 heavy (non-hydrogen) atoms. The zero-order valence-corrected chi connectivity index (χ0v) is 11.9. The molecule has 1 aliphatic rings. The lowest BCUT2D eigenvalue weighted by molar-refractivity contribution is 0.214. The molecule has 0 aliphatic carbocycles. The van der Waals surface area contributed by atoms with E-state index in [1.54, 1.807) is 18.2 Å². The number of hydrogen-bond acceptors (Lipinski definition) is 3. The van der Waals surface area contributed by atoms with Crippen LogP contribution in [0.25, 0.3) is 0 Å². The van der Waals surface area contributed by atoms with Crippen molar-refractivity contribution in [2.45, 2.75) is 12.5 Å². The van der Waals surface area contributed by atoms with Gasteiger partial charge in [-0.15, -0.1) is 0 Å². The largest absolute Gasteiger partial charge is 0.490 e. The van der Waals surface area contributed by atoms with Crippen LogP contribution in [0.15, 0.2) is 36.4 Å². The predicted molar refractivity (Wildman–Crippen MR) is 77.5 cm³/mol. The highest BCUT2D eigenvalue weighted by molar-refractivity contribution is 6.30. The summed E-state index contributed by atoms with van der Waals surface area (Å²) >= 11 is 5.86. The summed E-state index contributed by atoms with van der Waals surface area (Å²) < 4.78 is 24.9. The third-order valence-corrected chi connectivity index (χ3v) is 3.58. The van der Waals surface area contributed by atoms with Crippen molar-refractivity contribution in [1.29, 1.82) is 0 Å². The van der Waals surface area contributed by atoms with Gasteiger partial charge in [-0.25, -0.2) is 4.39 Å². The summed E-state index contributed by atoms with van der Waals surface area (Å²) in [5.74, 6) is 0.695. The van der Waals surface area contributed by atoms with Gasteiger partial charge in [-0.05, 0) is 35.9 Å². The topological polar surface area (TPSA) is 38.7 Å². The normalized spacial score (nSPS) is 15.4. The molecule has 0 spiro atoms. The van der Waals surface area contributed by atoms with E-state index in [2.05, 4.69) is 0 Å². The maximum Gasteiger partial charge on any atom is 0.161 e. The summed E-state index contributed by atoms with van der Waals surface area (Å²) in [6.45, 7) is 1.15. The Morgan fingerprint density at radius 2 is 1.81 bits per heavy atom. The van der Waals surface area contributed by atoms with Crippen molar-refractivity contribution in [3.05, 3.63) is 58.4 Å². The smallest absolute Gasteiger partial charge is 0.161 e. The SMILES string of the molecule is OC(c1ccc2c(c1)OCCCO2)c1cc(Cl)ccc1F. The average molecular weight is 309 g/mol. The van der Waals surface area contributed by atoms with Gasteiger partial charge in [0.1, 0.15) is 11.9 Å². The molecule has 3 nitrogen and oxygen atoms in total. The van der Waals surface area contributed by atoms with Crippen LogP contribution in [0, 0.1) is 5.82 Å². The van der Waals surface area contributed by atoms with Crippen molar-refractivity contribution in [3.63, 3.8) is 0 Å². The Labute approximate surface area is 126 Å². The van der Waals surface area contributed by atoms with E-state index in [4.69, 9.17) is 21.1 Å². The number of hydrogen-bond donors (Lipinski definition) is 1. The van der Waals surface area contributed by atoms with E-state index >= 15 is 0 Å². The van der Waals surface area contributed by atoms with Crippen molar-refractivity contribution in [1.82, 2.24) is 0 Å². The summed E-state index contributed by atoms with van der Waals surface area (Å²) in [4.78, 5) is 0. The number of ether oxygens (including phenoxy) is 2. The summed E-state index contributed by atoms with van der Waals surface area (Å²) in [5, 5.41) is 10.7. The molecule has 0 bridgehead atoms. The Hall–Kier alpha value is -1.78. The van der Waals surface area contributed by atoms with E-state index in [1.807, 2.05) is 0 Å². The van der Waals surface area contributed by atoms with Crippen molar-refractivity contribution in [2.24, 2.45) is 0 Å². The lowest BCUT2D eigenvalue weighted by Crippen LogP contribution is -2.03. The maximum atomic E-state index is 13.8. The van der Waals surface area contributed by atoms with Crippen LogP contribution in [-0.4, -0.2) is 18.3 Å². The zero-order chi connectivity index (χ0) is 14.8. The standard InChI is InChI=1S/C16H14ClFO3/c17-11-3-4-13(18)12(9-11)16(19)10-2-5-14-15(8-10)21-7-1-6-20-14/h2-5,8-9,16,19H,1,6-7H2. The fourth-order valence-corrected chi connectivity index (χ4v) is 2.43. The third-order valence-electron chi connectivity index (χ3n) is 3.34. The molecule has 5 heteroatoms. The van der Waals surface area contributed by atoms with Crippen LogP contribution in [0.2, 0.25) is 5.02 Å². The van der Waals surface area contributed by atoms with Crippen LogP contribution in [0.3, 0.4) is 0 Å². The van der Waals surface area contributed by atoms with E-state index in [9.17, 15) is 9.50 Å². The Balaban J connectivity index is 1.96. The first kappa shape index (κ1) is 14.2. The highest BCUT2D eigenvalue weighted by atomic mass is 35.5. The Bertz CT molecular complexity index is 660. The fraction of sp³-hybridized carbons (Fsp3) is 0.250. The number of aliphatic hydroxyl groups excluding tert-OH is 1. The van der Waals surface area contributed by atoms with Crippen LogP contribution >= 0.6 is 11.6 Å². The molecular weight excluding hydrogens is 295 g/mol. The molecule has 0 amide bonds. The molecule has 1 N–H and O–H groups in total. The van der Waals surface area contributed by atoms with Crippen molar-refractivity contribution in [2.75, 3.05) is 13.2 Å². The summed E-state index contributed by atoms with van der Waals surface area (Å²) in [5.41, 5.74) is 0.664. The molecule has 1 unspecified atom stereocenters. The minimum atomic E-state index is -1.11. The molecule has 0 radical (unpaired) electrons. The van der Waals surface area contributed by atoms with E-state index in [0.29, 0.717) is 35.3 Å². The van der Waals surface area contributed by atoms with Crippen molar-refractivity contribution < 1.29 is 19.0 Å². The molecule has 0 saturated heterocycles. The zero-order valence-electron chi connectivity index (χ0n) is 11.2. The first-order chi connectivity index (χ1) is 10.1. The Morgan fingerprint density at radius 1 is 1.05 bits per heavy atom. The van der Waals surface area contributed by atoms with Gasteiger partial charge in [0.25, 0.3) is 0 Å². The van der Waals surface area contributed by atoms with E-state index in [1.165, 1.54) is 18.2 Å². The molecule has 0 fully saturated rings. The van der Waals surface area contributed by atoms with Gasteiger partial charge in [0.05, 0.1) is 13.2 Å². The minimum Gasteiger partial charge on any atom is -0.490 e. The van der Waals surface area contributed by atoms with Crippen LogP contribution in [0.5, 0.6) is 11.5 Å². The first-order valence-electron chi connectivity index (χ1n) is 6.68. The highest BCUT2D eigenvalue weighted by Gasteiger charge is 2.18. The summed E-state index contributed by atoms with van der Waals surface area (Å²) in [7, 11) is 0. The number of rotatable bonds is 2. The molecule has 2 aromatic carbocycles. The quantitative estimate of drug-likeness (QED) is 0.919. The second-order valence-corrected chi connectivity index (χ2v) is 5.26. The van der Waals surface area contributed by atoms with E-state index in [0.717, 1.165) is 6.42 Å². The monoisotopic (exact) mass is 308 g/mol. The lowest BCUT2D eigenvalue weighted by atomic mass is 10.0. The third kappa shape index (κ3) is 2.96. The maximum absolute atomic E-state index is 13.8. The molecule has 0 saturated carbocycles. The van der Waals surface area contributed by atoms with Gasteiger partial charge >= 0.3 is 0 Å². The minimum absolute atomic E-state index is 0.136. The molecule has 110 valence electrons. The van der Waals surface area contributed by atoms with Crippen LogP contribution in [-0.2, 0) is 0 Å². The molecule has 0 aromatic heterocycles. The van der Waals surface area contributed by atoms with Crippen molar-refractivity contribution in [3.8, 4) is 11.5 Å². The van der Waals surface area contributed by atoms with Crippen molar-refractivity contribution >= 4 is 11.6 Å².